The molecule has 0 aliphatic carbocycles. The van der Waals surface area contributed by atoms with E-state index in [0.717, 1.165) is 17.5 Å². The monoisotopic (exact) mass is 142 g/mol. The fourth-order valence-electron chi connectivity index (χ4n) is 0.948. The molecule has 48 valence electrons. The Morgan fingerprint density at radius 2 is 2.67 bits per heavy atom. The van der Waals surface area contributed by atoms with Crippen molar-refractivity contribution < 1.29 is 4.55 Å². The molecule has 9 heavy (non-hydrogen) atoms. The van der Waals surface area contributed by atoms with Crippen molar-refractivity contribution in [2.24, 2.45) is 0 Å². The number of fused-ring (bicyclic) bond motifs is 1. The summed E-state index contributed by atoms with van der Waals surface area (Å²) in [6, 6.07) is 0. The van der Waals surface area contributed by atoms with Gasteiger partial charge in [0, 0.05) is 17.4 Å². The van der Waals surface area contributed by atoms with E-state index < -0.39 is 11.2 Å². The van der Waals surface area contributed by atoms with Gasteiger partial charge in [-0.05, 0) is 0 Å². The minimum atomic E-state index is -0.815. The van der Waals surface area contributed by atoms with Crippen LogP contribution in [-0.2, 0) is 17.7 Å². The number of hydrogen-bond acceptors (Lipinski definition) is 2. The summed E-state index contributed by atoms with van der Waals surface area (Å²) in [6.07, 6.45) is 3.55. The molecular formula is C5H6N2OS. The number of aromatic nitrogens is 2. The zero-order valence-corrected chi connectivity index (χ0v) is 5.60. The van der Waals surface area contributed by atoms with Crippen LogP contribution < -0.4 is 0 Å². The number of aryl methyl sites for hydroxylation is 1. The van der Waals surface area contributed by atoms with Crippen LogP contribution in [0.15, 0.2) is 17.6 Å². The number of nitrogens with zero attached hydrogens (tertiary/aromatic N) is 2. The van der Waals surface area contributed by atoms with Crippen LogP contribution in [0.4, 0.5) is 0 Å². The van der Waals surface area contributed by atoms with Crippen LogP contribution in [0.5, 0.6) is 0 Å². The van der Waals surface area contributed by atoms with Crippen molar-refractivity contribution in [3.05, 3.63) is 12.4 Å². The van der Waals surface area contributed by atoms with E-state index in [1.807, 2.05) is 10.8 Å². The lowest BCUT2D eigenvalue weighted by Gasteiger charge is -1.94. The van der Waals surface area contributed by atoms with Crippen molar-refractivity contribution in [2.75, 3.05) is 5.75 Å². The van der Waals surface area contributed by atoms with Gasteiger partial charge in [0.1, 0.15) is 5.75 Å². The fraction of sp³-hybridized carbons (Fsp3) is 0.400. The third-order valence-corrected chi connectivity index (χ3v) is 2.70. The predicted octanol–water partition coefficient (Wildman–Crippen LogP) is 0.00430. The Hall–Kier alpha value is -0.480. The highest BCUT2D eigenvalue weighted by atomic mass is 32.2. The van der Waals surface area contributed by atoms with Crippen molar-refractivity contribution in [3.63, 3.8) is 0 Å². The maximum absolute atomic E-state index is 11.0. The van der Waals surface area contributed by atoms with Crippen LogP contribution in [0.1, 0.15) is 0 Å². The van der Waals surface area contributed by atoms with Gasteiger partial charge in [-0.3, -0.25) is 4.57 Å². The summed E-state index contributed by atoms with van der Waals surface area (Å²) in [7, 11) is 0. The zero-order chi connectivity index (χ0) is 6.27. The number of rotatable bonds is 0. The van der Waals surface area contributed by atoms with Gasteiger partial charge in [0.25, 0.3) is 0 Å². The smallest absolute Gasteiger partial charge is 0.323 e. The standard InChI is InChI=1S/C5H6N2OS/c8-9-4-3-7-2-1-6-5(7)9/h1-2H,3-4H2. The summed E-state index contributed by atoms with van der Waals surface area (Å²) in [5.41, 5.74) is 0. The third-order valence-electron chi connectivity index (χ3n) is 1.40. The van der Waals surface area contributed by atoms with E-state index in [2.05, 4.69) is 4.98 Å². The molecule has 0 bridgehead atoms. The van der Waals surface area contributed by atoms with Gasteiger partial charge in [0.2, 0.25) is 0 Å². The Bertz CT molecular complexity index is 222. The second-order valence-electron chi connectivity index (χ2n) is 1.95. The van der Waals surface area contributed by atoms with Crippen molar-refractivity contribution in [2.45, 2.75) is 11.7 Å². The van der Waals surface area contributed by atoms with Crippen molar-refractivity contribution in [3.8, 4) is 0 Å². The highest BCUT2D eigenvalue weighted by molar-refractivity contribution is 7.91. The first-order valence-corrected chi connectivity index (χ1v) is 4.09. The zero-order valence-electron chi connectivity index (χ0n) is 4.78. The Morgan fingerprint density at radius 1 is 1.78 bits per heavy atom. The van der Waals surface area contributed by atoms with Gasteiger partial charge in [0.15, 0.2) is 0 Å². The van der Waals surface area contributed by atoms with E-state index in [9.17, 15) is 4.55 Å². The molecule has 1 aromatic heterocycles. The average molecular weight is 142 g/mol. The quantitative estimate of drug-likeness (QED) is 0.478. The van der Waals surface area contributed by atoms with E-state index in [4.69, 9.17) is 0 Å². The second kappa shape index (κ2) is 1.75. The first kappa shape index (κ1) is 5.32. The Balaban J connectivity index is 2.49. The van der Waals surface area contributed by atoms with Gasteiger partial charge in [0.05, 0.1) is 12.7 Å². The number of imidazole rings is 1. The molecular weight excluding hydrogens is 136 g/mol. The van der Waals surface area contributed by atoms with Crippen LogP contribution in [0.2, 0.25) is 0 Å². The molecule has 1 unspecified atom stereocenters. The van der Waals surface area contributed by atoms with E-state index in [0.29, 0.717) is 0 Å². The van der Waals surface area contributed by atoms with E-state index in [1.165, 1.54) is 0 Å². The van der Waals surface area contributed by atoms with Gasteiger partial charge in [-0.1, -0.05) is 0 Å². The minimum Gasteiger partial charge on any atom is -0.609 e. The molecule has 0 N–H and O–H groups in total. The van der Waals surface area contributed by atoms with Gasteiger partial charge < -0.3 is 4.55 Å². The SMILES string of the molecule is [O-][S+]1CCn2ccnc21. The lowest BCUT2D eigenvalue weighted by atomic mass is 10.7. The summed E-state index contributed by atoms with van der Waals surface area (Å²) in [6.45, 7) is 0.863. The van der Waals surface area contributed by atoms with Crippen LogP contribution in [0.25, 0.3) is 0 Å². The minimum absolute atomic E-state index is 0.731. The van der Waals surface area contributed by atoms with Crippen molar-refractivity contribution in [1.82, 2.24) is 9.55 Å². The highest BCUT2D eigenvalue weighted by Gasteiger charge is 2.24. The predicted molar refractivity (Wildman–Crippen MR) is 33.5 cm³/mol. The van der Waals surface area contributed by atoms with Gasteiger partial charge in [-0.15, -0.1) is 0 Å². The van der Waals surface area contributed by atoms with E-state index >= 15 is 0 Å². The maximum Gasteiger partial charge on any atom is 0.323 e. The molecule has 4 heteroatoms. The van der Waals surface area contributed by atoms with Crippen LogP contribution in [0, 0.1) is 0 Å². The molecule has 0 radical (unpaired) electrons. The van der Waals surface area contributed by atoms with Gasteiger partial charge >= 0.3 is 5.16 Å². The summed E-state index contributed by atoms with van der Waals surface area (Å²) in [5, 5.41) is 0.731. The first-order chi connectivity index (χ1) is 4.38. The second-order valence-corrected chi connectivity index (χ2v) is 3.42. The Labute approximate surface area is 55.9 Å². The summed E-state index contributed by atoms with van der Waals surface area (Å²) < 4.78 is 12.9. The molecule has 3 nitrogen and oxygen atoms in total. The van der Waals surface area contributed by atoms with E-state index in [-0.39, 0.29) is 0 Å². The molecule has 0 amide bonds. The highest BCUT2D eigenvalue weighted by Crippen LogP contribution is 2.15. The molecule has 1 aliphatic rings. The molecule has 2 rings (SSSR count). The van der Waals surface area contributed by atoms with Gasteiger partial charge in [-0.25, -0.2) is 0 Å². The fourth-order valence-corrected chi connectivity index (χ4v) is 2.09. The molecule has 0 fully saturated rings. The lowest BCUT2D eigenvalue weighted by molar-refractivity contribution is 0.593. The normalized spacial score (nSPS) is 24.3. The van der Waals surface area contributed by atoms with Crippen LogP contribution in [-0.4, -0.2) is 19.9 Å². The average Bonchev–Trinajstić information content (AvgIpc) is 2.35. The molecule has 0 saturated carbocycles. The van der Waals surface area contributed by atoms with Crippen LogP contribution in [0.3, 0.4) is 0 Å². The van der Waals surface area contributed by atoms with Crippen molar-refractivity contribution in [1.29, 1.82) is 0 Å². The Morgan fingerprint density at radius 3 is 3.44 bits per heavy atom. The topological polar surface area (TPSA) is 40.9 Å². The molecule has 2 heterocycles. The molecule has 1 aromatic rings. The first-order valence-electron chi connectivity index (χ1n) is 2.77. The number of hydrogen-bond donors (Lipinski definition) is 0. The van der Waals surface area contributed by atoms with E-state index in [1.54, 1.807) is 6.20 Å². The summed E-state index contributed by atoms with van der Waals surface area (Å²) in [5.74, 6) is 0.739. The van der Waals surface area contributed by atoms with Gasteiger partial charge in [-0.2, -0.15) is 4.98 Å². The lowest BCUT2D eigenvalue weighted by Crippen LogP contribution is -1.99. The molecule has 1 atom stereocenters. The maximum atomic E-state index is 11.0. The third kappa shape index (κ3) is 0.668. The largest absolute Gasteiger partial charge is 0.609 e. The Kier molecular flexibility index (Phi) is 1.03. The summed E-state index contributed by atoms with van der Waals surface area (Å²) >= 11 is -0.815. The molecule has 0 saturated heterocycles. The molecule has 0 spiro atoms. The molecule has 1 aliphatic heterocycles. The molecule has 0 aromatic carbocycles. The van der Waals surface area contributed by atoms with Crippen molar-refractivity contribution >= 4 is 11.2 Å². The summed E-state index contributed by atoms with van der Waals surface area (Å²) in [4.78, 5) is 3.94. The van der Waals surface area contributed by atoms with Crippen LogP contribution >= 0.6 is 0 Å².